The van der Waals surface area contributed by atoms with Gasteiger partial charge >= 0.3 is 0 Å². The number of nitrogens with one attached hydrogen (secondary N) is 1. The molecule has 1 N–H and O–H groups in total. The van der Waals surface area contributed by atoms with Gasteiger partial charge < -0.3 is 4.90 Å². The second-order valence-corrected chi connectivity index (χ2v) is 5.05. The van der Waals surface area contributed by atoms with E-state index in [1.165, 1.54) is 0 Å². The predicted octanol–water partition coefficient (Wildman–Crippen LogP) is 1.31. The lowest BCUT2D eigenvalue weighted by Crippen LogP contribution is -2.29. The predicted molar refractivity (Wildman–Crippen MR) is 69.8 cm³/mol. The topological polar surface area (TPSA) is 66.8 Å². The van der Waals surface area contributed by atoms with Gasteiger partial charge in [-0.05, 0) is 26.3 Å². The fraction of sp³-hybridized carbons (Fsp3) is 0.462. The molecule has 19 heavy (non-hydrogen) atoms. The van der Waals surface area contributed by atoms with E-state index in [4.69, 9.17) is 0 Å². The van der Waals surface area contributed by atoms with Gasteiger partial charge in [0.25, 0.3) is 5.91 Å². The van der Waals surface area contributed by atoms with Crippen molar-refractivity contribution in [1.82, 2.24) is 24.9 Å². The quantitative estimate of drug-likeness (QED) is 0.884. The van der Waals surface area contributed by atoms with Crippen LogP contribution >= 0.6 is 0 Å². The molecular weight excluding hydrogens is 242 g/mol. The zero-order chi connectivity index (χ0) is 13.4. The molecule has 1 saturated heterocycles. The van der Waals surface area contributed by atoms with E-state index < -0.39 is 0 Å². The first kappa shape index (κ1) is 12.0. The van der Waals surface area contributed by atoms with Gasteiger partial charge in [-0.3, -0.25) is 14.6 Å². The van der Waals surface area contributed by atoms with Crippen LogP contribution < -0.4 is 0 Å². The molecule has 0 radical (unpaired) electrons. The normalized spacial score (nSPS) is 19.1. The lowest BCUT2D eigenvalue weighted by atomic mass is 10.2. The Morgan fingerprint density at radius 3 is 2.95 bits per heavy atom. The van der Waals surface area contributed by atoms with Crippen molar-refractivity contribution in [3.05, 3.63) is 35.4 Å². The summed E-state index contributed by atoms with van der Waals surface area (Å²) in [4.78, 5) is 14.1. The smallest absolute Gasteiger partial charge is 0.257 e. The average Bonchev–Trinajstić information content (AvgIpc) is 3.08. The van der Waals surface area contributed by atoms with Gasteiger partial charge in [-0.25, -0.2) is 0 Å². The molecule has 0 saturated carbocycles. The molecule has 0 aromatic carbocycles. The molecule has 1 atom stereocenters. The highest BCUT2D eigenvalue weighted by Crippen LogP contribution is 2.24. The zero-order valence-electron chi connectivity index (χ0n) is 11.1. The van der Waals surface area contributed by atoms with Crippen LogP contribution in [0.3, 0.4) is 0 Å². The van der Waals surface area contributed by atoms with Gasteiger partial charge in [-0.1, -0.05) is 0 Å². The summed E-state index contributed by atoms with van der Waals surface area (Å²) in [7, 11) is 0. The van der Waals surface area contributed by atoms with Gasteiger partial charge in [0.1, 0.15) is 0 Å². The van der Waals surface area contributed by atoms with Crippen LogP contribution in [0.2, 0.25) is 0 Å². The van der Waals surface area contributed by atoms with Crippen molar-refractivity contribution in [3.63, 3.8) is 0 Å². The number of carbonyl (C=O) groups excluding carboxylic acids is 1. The molecule has 1 amide bonds. The van der Waals surface area contributed by atoms with Crippen LogP contribution in [0.15, 0.2) is 18.5 Å². The fourth-order valence-electron chi connectivity index (χ4n) is 2.69. The monoisotopic (exact) mass is 259 g/mol. The first-order valence-corrected chi connectivity index (χ1v) is 6.46. The summed E-state index contributed by atoms with van der Waals surface area (Å²) in [5.74, 6) is 0.0396. The maximum atomic E-state index is 12.2. The molecule has 0 bridgehead atoms. The maximum absolute atomic E-state index is 12.2. The molecule has 3 heterocycles. The Hall–Kier alpha value is -2.11. The van der Waals surface area contributed by atoms with E-state index >= 15 is 0 Å². The number of aromatic amines is 1. The SMILES string of the molecule is Cc1cc(C)n(C2CCN(C(=O)c3cn[nH]c3)C2)n1. The number of carbonyl (C=O) groups is 1. The van der Waals surface area contributed by atoms with Gasteiger partial charge in [0.05, 0.1) is 23.5 Å². The molecule has 0 spiro atoms. The van der Waals surface area contributed by atoms with Crippen molar-refractivity contribution in [2.45, 2.75) is 26.3 Å². The minimum Gasteiger partial charge on any atom is -0.336 e. The third-order valence-corrected chi connectivity index (χ3v) is 3.59. The van der Waals surface area contributed by atoms with Crippen molar-refractivity contribution < 1.29 is 4.79 Å². The summed E-state index contributed by atoms with van der Waals surface area (Å²) in [6.45, 7) is 5.53. The number of H-pyrrole nitrogens is 1. The van der Waals surface area contributed by atoms with E-state index in [1.54, 1.807) is 12.4 Å². The number of hydrogen-bond donors (Lipinski definition) is 1. The molecule has 6 nitrogen and oxygen atoms in total. The van der Waals surface area contributed by atoms with E-state index in [1.807, 2.05) is 16.5 Å². The lowest BCUT2D eigenvalue weighted by Gasteiger charge is -2.16. The summed E-state index contributed by atoms with van der Waals surface area (Å²) >= 11 is 0. The largest absolute Gasteiger partial charge is 0.336 e. The van der Waals surface area contributed by atoms with Crippen molar-refractivity contribution in [2.75, 3.05) is 13.1 Å². The molecule has 6 heteroatoms. The Morgan fingerprint density at radius 1 is 1.47 bits per heavy atom. The van der Waals surface area contributed by atoms with E-state index in [9.17, 15) is 4.79 Å². The summed E-state index contributed by atoms with van der Waals surface area (Å²) in [5, 5.41) is 11.0. The Kier molecular flexibility index (Phi) is 2.85. The first-order chi connectivity index (χ1) is 9.15. The van der Waals surface area contributed by atoms with Crippen molar-refractivity contribution in [2.24, 2.45) is 0 Å². The second-order valence-electron chi connectivity index (χ2n) is 5.05. The van der Waals surface area contributed by atoms with Crippen LogP contribution in [0.4, 0.5) is 0 Å². The lowest BCUT2D eigenvalue weighted by molar-refractivity contribution is 0.0787. The van der Waals surface area contributed by atoms with Crippen molar-refractivity contribution in [1.29, 1.82) is 0 Å². The van der Waals surface area contributed by atoms with Gasteiger partial charge in [-0.15, -0.1) is 0 Å². The fourth-order valence-corrected chi connectivity index (χ4v) is 2.69. The van der Waals surface area contributed by atoms with Crippen LogP contribution in [0.5, 0.6) is 0 Å². The number of aryl methyl sites for hydroxylation is 2. The highest BCUT2D eigenvalue weighted by molar-refractivity contribution is 5.93. The van der Waals surface area contributed by atoms with E-state index in [0.717, 1.165) is 24.4 Å². The van der Waals surface area contributed by atoms with Gasteiger partial charge in [-0.2, -0.15) is 10.2 Å². The highest BCUT2D eigenvalue weighted by atomic mass is 16.2. The minimum atomic E-state index is 0.0396. The number of rotatable bonds is 2. The molecule has 1 aliphatic heterocycles. The molecule has 1 fully saturated rings. The molecule has 2 aromatic heterocycles. The van der Waals surface area contributed by atoms with Crippen LogP contribution in [-0.4, -0.2) is 43.9 Å². The average molecular weight is 259 g/mol. The van der Waals surface area contributed by atoms with E-state index in [0.29, 0.717) is 12.1 Å². The third kappa shape index (κ3) is 2.14. The second kappa shape index (κ2) is 4.53. The molecule has 3 rings (SSSR count). The summed E-state index contributed by atoms with van der Waals surface area (Å²) in [6.07, 6.45) is 4.16. The molecular formula is C13H17N5O. The van der Waals surface area contributed by atoms with Crippen molar-refractivity contribution >= 4 is 5.91 Å². The number of nitrogens with zero attached hydrogens (tertiary/aromatic N) is 4. The number of likely N-dealkylation sites (tertiary alicyclic amines) is 1. The summed E-state index contributed by atoms with van der Waals surface area (Å²) in [6, 6.07) is 2.35. The summed E-state index contributed by atoms with van der Waals surface area (Å²) in [5.41, 5.74) is 2.80. The van der Waals surface area contributed by atoms with E-state index in [2.05, 4.69) is 28.3 Å². The van der Waals surface area contributed by atoms with Crippen LogP contribution in [0.25, 0.3) is 0 Å². The molecule has 2 aromatic rings. The Bertz CT molecular complexity index is 586. The molecule has 1 unspecified atom stereocenters. The van der Waals surface area contributed by atoms with Crippen LogP contribution in [0, 0.1) is 13.8 Å². The van der Waals surface area contributed by atoms with Gasteiger partial charge in [0.2, 0.25) is 0 Å². The van der Waals surface area contributed by atoms with Crippen molar-refractivity contribution in [3.8, 4) is 0 Å². The number of amides is 1. The highest BCUT2D eigenvalue weighted by Gasteiger charge is 2.29. The first-order valence-electron chi connectivity index (χ1n) is 6.46. The molecule has 100 valence electrons. The Morgan fingerprint density at radius 2 is 2.32 bits per heavy atom. The van der Waals surface area contributed by atoms with Crippen LogP contribution in [-0.2, 0) is 0 Å². The minimum absolute atomic E-state index is 0.0396. The van der Waals surface area contributed by atoms with E-state index in [-0.39, 0.29) is 11.9 Å². The standard InChI is InChI=1S/C13H17N5O/c1-9-5-10(2)18(16-9)12-3-4-17(8-12)13(19)11-6-14-15-7-11/h5-7,12H,3-4,8H2,1-2H3,(H,14,15). The number of hydrogen-bond acceptors (Lipinski definition) is 3. The third-order valence-electron chi connectivity index (χ3n) is 3.59. The van der Waals surface area contributed by atoms with Crippen LogP contribution in [0.1, 0.15) is 34.2 Å². The number of aromatic nitrogens is 4. The Balaban J connectivity index is 1.74. The maximum Gasteiger partial charge on any atom is 0.257 e. The zero-order valence-corrected chi connectivity index (χ0v) is 11.1. The van der Waals surface area contributed by atoms with Gasteiger partial charge in [0.15, 0.2) is 0 Å². The summed E-state index contributed by atoms with van der Waals surface area (Å²) < 4.78 is 2.04. The molecule has 0 aliphatic carbocycles. The molecule has 1 aliphatic rings. The van der Waals surface area contributed by atoms with Gasteiger partial charge in [0, 0.05) is 25.0 Å². The Labute approximate surface area is 111 Å².